The first-order valence-electron chi connectivity index (χ1n) is 10.6. The highest BCUT2D eigenvalue weighted by Gasteiger charge is 2.20. The molecule has 1 unspecified atom stereocenters. The Kier molecular flexibility index (Phi) is 7.77. The molecule has 0 aliphatic carbocycles. The van der Waals surface area contributed by atoms with Crippen LogP contribution >= 0.6 is 0 Å². The highest BCUT2D eigenvalue weighted by atomic mass is 19.1. The van der Waals surface area contributed by atoms with Gasteiger partial charge >= 0.3 is 0 Å². The van der Waals surface area contributed by atoms with Gasteiger partial charge in [-0.15, -0.1) is 6.58 Å². The zero-order valence-corrected chi connectivity index (χ0v) is 18.6. The Hall–Kier alpha value is -3.74. The number of hydrogen-bond acceptors (Lipinski definition) is 3. The van der Waals surface area contributed by atoms with E-state index in [0.717, 1.165) is 17.7 Å². The minimum absolute atomic E-state index is 0.0794. The summed E-state index contributed by atoms with van der Waals surface area (Å²) in [7, 11) is 0. The van der Waals surface area contributed by atoms with Crippen LogP contribution < -0.4 is 15.5 Å². The Morgan fingerprint density at radius 3 is 2.61 bits per heavy atom. The number of ether oxygens (including phenoxy) is 1. The first kappa shape index (κ1) is 23.9. The van der Waals surface area contributed by atoms with Crippen LogP contribution in [0.15, 0.2) is 72.2 Å². The molecule has 0 fully saturated rings. The summed E-state index contributed by atoms with van der Waals surface area (Å²) >= 11 is 0. The van der Waals surface area contributed by atoms with Gasteiger partial charge in [-0.05, 0) is 24.5 Å². The maximum Gasteiger partial charge on any atom is 0.257 e. The highest BCUT2D eigenvalue weighted by molar-refractivity contribution is 5.94. The standard InChI is InChI=1S/C26H26F2N2O3/c1-4-17(2)14-30-15-22(26(32)29-13-20-10-11-21(27)12-23(20)28)24(31)25(18(30)3)33-16-19-8-6-5-7-9-19/h4-12,15,17H,1,13-14,16H2,2-3H3,(H,29,32). The molecule has 1 amide bonds. The quantitative estimate of drug-likeness (QED) is 0.476. The van der Waals surface area contributed by atoms with Crippen LogP contribution in [-0.2, 0) is 19.7 Å². The summed E-state index contributed by atoms with van der Waals surface area (Å²) in [4.78, 5) is 26.0. The smallest absolute Gasteiger partial charge is 0.257 e. The van der Waals surface area contributed by atoms with E-state index in [2.05, 4.69) is 11.9 Å². The summed E-state index contributed by atoms with van der Waals surface area (Å²) in [6.45, 7) is 7.97. The molecule has 2 aromatic carbocycles. The Balaban J connectivity index is 1.91. The van der Waals surface area contributed by atoms with Crippen LogP contribution in [0.2, 0.25) is 0 Å². The molecule has 1 N–H and O–H groups in total. The molecular weight excluding hydrogens is 426 g/mol. The number of carbonyl (C=O) groups is 1. The molecule has 1 heterocycles. The van der Waals surface area contributed by atoms with Crippen molar-refractivity contribution in [2.75, 3.05) is 0 Å². The van der Waals surface area contributed by atoms with Crippen LogP contribution in [0.25, 0.3) is 0 Å². The lowest BCUT2D eigenvalue weighted by molar-refractivity contribution is 0.0947. The lowest BCUT2D eigenvalue weighted by atomic mass is 10.1. The molecule has 0 bridgehead atoms. The first-order chi connectivity index (χ1) is 15.8. The second-order valence-corrected chi connectivity index (χ2v) is 7.84. The van der Waals surface area contributed by atoms with Crippen molar-refractivity contribution in [2.24, 2.45) is 5.92 Å². The fourth-order valence-electron chi connectivity index (χ4n) is 3.30. The molecule has 0 aliphatic heterocycles. The number of benzene rings is 2. The third-order valence-electron chi connectivity index (χ3n) is 5.31. The number of aromatic nitrogens is 1. The van der Waals surface area contributed by atoms with Crippen molar-refractivity contribution in [3.63, 3.8) is 0 Å². The van der Waals surface area contributed by atoms with E-state index in [-0.39, 0.29) is 35.9 Å². The van der Waals surface area contributed by atoms with Gasteiger partial charge in [0.15, 0.2) is 5.75 Å². The normalized spacial score (nSPS) is 11.6. The Labute approximate surface area is 191 Å². The van der Waals surface area contributed by atoms with E-state index in [1.54, 1.807) is 17.6 Å². The van der Waals surface area contributed by atoms with Gasteiger partial charge in [-0.1, -0.05) is 49.4 Å². The van der Waals surface area contributed by atoms with Crippen molar-refractivity contribution >= 4 is 5.91 Å². The average molecular weight is 453 g/mol. The van der Waals surface area contributed by atoms with Gasteiger partial charge in [0.05, 0.1) is 5.69 Å². The molecule has 0 spiro atoms. The molecule has 33 heavy (non-hydrogen) atoms. The van der Waals surface area contributed by atoms with Gasteiger partial charge in [0, 0.05) is 30.9 Å². The molecule has 172 valence electrons. The number of rotatable bonds is 9. The molecule has 0 radical (unpaired) electrons. The van der Waals surface area contributed by atoms with Gasteiger partial charge in [-0.25, -0.2) is 8.78 Å². The zero-order chi connectivity index (χ0) is 24.0. The zero-order valence-electron chi connectivity index (χ0n) is 18.6. The molecule has 0 saturated carbocycles. The van der Waals surface area contributed by atoms with E-state index >= 15 is 0 Å². The van der Waals surface area contributed by atoms with Gasteiger partial charge in [-0.3, -0.25) is 9.59 Å². The summed E-state index contributed by atoms with van der Waals surface area (Å²) in [5, 5.41) is 2.54. The number of allylic oxidation sites excluding steroid dienone is 1. The molecule has 5 nitrogen and oxygen atoms in total. The van der Waals surface area contributed by atoms with E-state index in [9.17, 15) is 18.4 Å². The van der Waals surface area contributed by atoms with Gasteiger partial charge in [-0.2, -0.15) is 0 Å². The fourth-order valence-corrected chi connectivity index (χ4v) is 3.30. The topological polar surface area (TPSA) is 60.3 Å². The summed E-state index contributed by atoms with van der Waals surface area (Å²) in [5.41, 5.74) is 0.901. The van der Waals surface area contributed by atoms with E-state index in [1.807, 2.05) is 37.3 Å². The summed E-state index contributed by atoms with van der Waals surface area (Å²) in [6, 6.07) is 12.5. The lowest BCUT2D eigenvalue weighted by Crippen LogP contribution is -2.31. The Morgan fingerprint density at radius 1 is 1.21 bits per heavy atom. The van der Waals surface area contributed by atoms with Crippen LogP contribution in [0.1, 0.15) is 34.1 Å². The molecule has 3 rings (SSSR count). The molecule has 0 aliphatic rings. The fraction of sp³-hybridized carbons (Fsp3) is 0.231. The number of amides is 1. The minimum Gasteiger partial charge on any atom is -0.483 e. The maximum absolute atomic E-state index is 13.9. The number of pyridine rings is 1. The van der Waals surface area contributed by atoms with Crippen molar-refractivity contribution in [3.8, 4) is 5.75 Å². The predicted octanol–water partition coefficient (Wildman–Crippen LogP) is 4.77. The second-order valence-electron chi connectivity index (χ2n) is 7.84. The van der Waals surface area contributed by atoms with Crippen molar-refractivity contribution < 1.29 is 18.3 Å². The summed E-state index contributed by atoms with van der Waals surface area (Å²) < 4.78 is 34.7. The van der Waals surface area contributed by atoms with Crippen molar-refractivity contribution in [2.45, 2.75) is 33.5 Å². The molecule has 1 aromatic heterocycles. The van der Waals surface area contributed by atoms with Crippen LogP contribution in [0.5, 0.6) is 5.75 Å². The number of halogens is 2. The van der Waals surface area contributed by atoms with E-state index in [1.165, 1.54) is 12.3 Å². The average Bonchev–Trinajstić information content (AvgIpc) is 2.80. The molecule has 0 saturated heterocycles. The maximum atomic E-state index is 13.9. The Morgan fingerprint density at radius 2 is 1.94 bits per heavy atom. The molecule has 1 atom stereocenters. The molecule has 3 aromatic rings. The van der Waals surface area contributed by atoms with Crippen LogP contribution in [0.4, 0.5) is 8.78 Å². The number of nitrogens with zero attached hydrogens (tertiary/aromatic N) is 1. The Bertz CT molecular complexity index is 1210. The summed E-state index contributed by atoms with van der Waals surface area (Å²) in [5.74, 6) is -2.00. The van der Waals surface area contributed by atoms with Gasteiger partial charge in [0.1, 0.15) is 23.8 Å². The van der Waals surface area contributed by atoms with Crippen molar-refractivity contribution in [1.82, 2.24) is 9.88 Å². The van der Waals surface area contributed by atoms with Crippen LogP contribution in [-0.4, -0.2) is 10.5 Å². The van der Waals surface area contributed by atoms with E-state index in [4.69, 9.17) is 4.74 Å². The minimum atomic E-state index is -0.775. The highest BCUT2D eigenvalue weighted by Crippen LogP contribution is 2.18. The lowest BCUT2D eigenvalue weighted by Gasteiger charge is -2.19. The van der Waals surface area contributed by atoms with E-state index in [0.29, 0.717) is 12.2 Å². The number of hydrogen-bond donors (Lipinski definition) is 1. The third-order valence-corrected chi connectivity index (χ3v) is 5.31. The first-order valence-corrected chi connectivity index (χ1v) is 10.6. The predicted molar refractivity (Wildman–Crippen MR) is 123 cm³/mol. The van der Waals surface area contributed by atoms with Gasteiger partial charge in [0.2, 0.25) is 5.43 Å². The monoisotopic (exact) mass is 452 g/mol. The van der Waals surface area contributed by atoms with Gasteiger partial charge in [0.25, 0.3) is 5.91 Å². The largest absolute Gasteiger partial charge is 0.483 e. The second kappa shape index (κ2) is 10.7. The van der Waals surface area contributed by atoms with E-state index < -0.39 is 23.0 Å². The SMILES string of the molecule is C=CC(C)Cn1cc(C(=O)NCc2ccc(F)cc2F)c(=O)c(OCc2ccccc2)c1C. The van der Waals surface area contributed by atoms with Gasteiger partial charge < -0.3 is 14.6 Å². The third kappa shape index (κ3) is 5.94. The molecule has 7 heteroatoms. The van der Waals surface area contributed by atoms with Crippen LogP contribution in [0.3, 0.4) is 0 Å². The summed E-state index contributed by atoms with van der Waals surface area (Å²) in [6.07, 6.45) is 3.25. The number of carbonyl (C=O) groups excluding carboxylic acids is 1. The van der Waals surface area contributed by atoms with Crippen molar-refractivity contribution in [3.05, 3.63) is 112 Å². The van der Waals surface area contributed by atoms with Crippen molar-refractivity contribution in [1.29, 1.82) is 0 Å². The number of nitrogens with one attached hydrogen (secondary N) is 1. The van der Waals surface area contributed by atoms with Crippen LogP contribution in [0, 0.1) is 24.5 Å². The molecular formula is C26H26F2N2O3.